The molecule has 1 aliphatic rings. The number of nitrogens with one attached hydrogen (secondary N) is 2. The smallest absolute Gasteiger partial charge is 0.251 e. The summed E-state index contributed by atoms with van der Waals surface area (Å²) in [7, 11) is 0. The van der Waals surface area contributed by atoms with Crippen molar-refractivity contribution in [1.82, 2.24) is 10.6 Å². The number of amides is 1. The van der Waals surface area contributed by atoms with Gasteiger partial charge in [0.15, 0.2) is 0 Å². The van der Waals surface area contributed by atoms with Crippen LogP contribution in [0.3, 0.4) is 0 Å². The highest BCUT2D eigenvalue weighted by atomic mass is 32.1. The van der Waals surface area contributed by atoms with Gasteiger partial charge in [-0.1, -0.05) is 6.07 Å². The fourth-order valence-electron chi connectivity index (χ4n) is 2.47. The van der Waals surface area contributed by atoms with Gasteiger partial charge < -0.3 is 10.6 Å². The Bertz CT molecular complexity index is 633. The molecule has 3 nitrogen and oxygen atoms in total. The van der Waals surface area contributed by atoms with E-state index in [1.165, 1.54) is 22.3 Å². The third-order valence-corrected chi connectivity index (χ3v) is 4.67. The molecule has 0 radical (unpaired) electrons. The zero-order chi connectivity index (χ0) is 13.9. The molecule has 1 aromatic heterocycles. The Morgan fingerprint density at radius 1 is 1.35 bits per heavy atom. The average Bonchev–Trinajstić information content (AvgIpc) is 2.89. The summed E-state index contributed by atoms with van der Waals surface area (Å²) in [5.41, 5.74) is 5.79. The molecule has 0 saturated carbocycles. The quantitative estimate of drug-likeness (QED) is 0.910. The van der Waals surface area contributed by atoms with E-state index in [1.807, 2.05) is 12.1 Å². The monoisotopic (exact) mass is 286 g/mol. The van der Waals surface area contributed by atoms with Crippen molar-refractivity contribution in [3.05, 3.63) is 56.8 Å². The van der Waals surface area contributed by atoms with Gasteiger partial charge in [0.05, 0.1) is 0 Å². The minimum Gasteiger partial charge on any atom is -0.348 e. The van der Waals surface area contributed by atoms with Crippen LogP contribution in [-0.2, 0) is 19.5 Å². The molecule has 3 rings (SSSR count). The lowest BCUT2D eigenvalue weighted by Crippen LogP contribution is -2.26. The third kappa shape index (κ3) is 2.76. The van der Waals surface area contributed by atoms with Gasteiger partial charge in [-0.25, -0.2) is 0 Å². The predicted molar refractivity (Wildman–Crippen MR) is 82.1 cm³/mol. The standard InChI is InChI=1S/C16H18N2OS/c1-11-9-20-10-15(11)8-18-16(19)13-3-2-12-4-5-17-7-14(12)6-13/h2-3,6,9-10,17H,4-5,7-8H2,1H3,(H,18,19). The van der Waals surface area contributed by atoms with Gasteiger partial charge in [0.25, 0.3) is 5.91 Å². The summed E-state index contributed by atoms with van der Waals surface area (Å²) >= 11 is 1.67. The average molecular weight is 286 g/mol. The fourth-order valence-corrected chi connectivity index (χ4v) is 3.32. The first kappa shape index (κ1) is 13.3. The molecule has 0 bridgehead atoms. The minimum atomic E-state index is 0.00368. The Morgan fingerprint density at radius 3 is 3.05 bits per heavy atom. The zero-order valence-electron chi connectivity index (χ0n) is 11.5. The van der Waals surface area contributed by atoms with Crippen LogP contribution in [0, 0.1) is 6.92 Å². The van der Waals surface area contributed by atoms with Crippen LogP contribution in [-0.4, -0.2) is 12.5 Å². The second-order valence-electron chi connectivity index (χ2n) is 5.17. The van der Waals surface area contributed by atoms with Crippen LogP contribution in [0.15, 0.2) is 29.0 Å². The molecular formula is C16H18N2OS. The van der Waals surface area contributed by atoms with Gasteiger partial charge in [0, 0.05) is 18.7 Å². The van der Waals surface area contributed by atoms with Crippen LogP contribution >= 0.6 is 11.3 Å². The van der Waals surface area contributed by atoms with Crippen LogP contribution in [0.25, 0.3) is 0 Å². The largest absolute Gasteiger partial charge is 0.348 e. The Labute approximate surface area is 123 Å². The van der Waals surface area contributed by atoms with Crippen LogP contribution in [0.5, 0.6) is 0 Å². The molecule has 20 heavy (non-hydrogen) atoms. The molecule has 4 heteroatoms. The Kier molecular flexibility index (Phi) is 3.85. The second kappa shape index (κ2) is 5.77. The van der Waals surface area contributed by atoms with Crippen LogP contribution < -0.4 is 10.6 Å². The maximum absolute atomic E-state index is 12.2. The van der Waals surface area contributed by atoms with E-state index in [9.17, 15) is 4.79 Å². The van der Waals surface area contributed by atoms with Crippen molar-refractivity contribution in [2.75, 3.05) is 6.54 Å². The van der Waals surface area contributed by atoms with Crippen molar-refractivity contribution in [1.29, 1.82) is 0 Å². The van der Waals surface area contributed by atoms with E-state index in [1.54, 1.807) is 11.3 Å². The molecule has 0 unspecified atom stereocenters. The molecule has 1 aliphatic heterocycles. The summed E-state index contributed by atoms with van der Waals surface area (Å²) in [4.78, 5) is 12.2. The van der Waals surface area contributed by atoms with Crippen molar-refractivity contribution in [2.45, 2.75) is 26.4 Å². The number of carbonyl (C=O) groups excluding carboxylic acids is 1. The number of carbonyl (C=O) groups is 1. The van der Waals surface area contributed by atoms with Crippen molar-refractivity contribution >= 4 is 17.2 Å². The van der Waals surface area contributed by atoms with E-state index in [-0.39, 0.29) is 5.91 Å². The van der Waals surface area contributed by atoms with Crippen LogP contribution in [0.2, 0.25) is 0 Å². The number of fused-ring (bicyclic) bond motifs is 1. The van der Waals surface area contributed by atoms with E-state index >= 15 is 0 Å². The number of hydrogen-bond acceptors (Lipinski definition) is 3. The molecule has 0 atom stereocenters. The van der Waals surface area contributed by atoms with Gasteiger partial charge >= 0.3 is 0 Å². The first-order valence-corrected chi connectivity index (χ1v) is 7.81. The maximum atomic E-state index is 12.2. The summed E-state index contributed by atoms with van der Waals surface area (Å²) in [5, 5.41) is 10.5. The van der Waals surface area contributed by atoms with Crippen LogP contribution in [0.4, 0.5) is 0 Å². The van der Waals surface area contributed by atoms with Crippen molar-refractivity contribution < 1.29 is 4.79 Å². The van der Waals surface area contributed by atoms with Gasteiger partial charge in [0.1, 0.15) is 0 Å². The van der Waals surface area contributed by atoms with Gasteiger partial charge in [0.2, 0.25) is 0 Å². The van der Waals surface area contributed by atoms with Gasteiger partial charge in [-0.3, -0.25) is 4.79 Å². The van der Waals surface area contributed by atoms with Gasteiger partial charge in [-0.05, 0) is 65.0 Å². The Hall–Kier alpha value is -1.65. The molecule has 2 heterocycles. The Balaban J connectivity index is 1.69. The van der Waals surface area contributed by atoms with Crippen molar-refractivity contribution in [3.8, 4) is 0 Å². The van der Waals surface area contributed by atoms with E-state index in [0.717, 1.165) is 25.1 Å². The predicted octanol–water partition coefficient (Wildman–Crippen LogP) is 2.63. The van der Waals surface area contributed by atoms with Crippen LogP contribution in [0.1, 0.15) is 32.6 Å². The maximum Gasteiger partial charge on any atom is 0.251 e. The van der Waals surface area contributed by atoms with E-state index in [4.69, 9.17) is 0 Å². The molecule has 0 fully saturated rings. The summed E-state index contributed by atoms with van der Waals surface area (Å²) in [6, 6.07) is 6.03. The summed E-state index contributed by atoms with van der Waals surface area (Å²) in [6.07, 6.45) is 1.05. The van der Waals surface area contributed by atoms with E-state index in [0.29, 0.717) is 6.54 Å². The topological polar surface area (TPSA) is 41.1 Å². The number of hydrogen-bond donors (Lipinski definition) is 2. The highest BCUT2D eigenvalue weighted by Gasteiger charge is 2.12. The number of rotatable bonds is 3. The molecule has 1 amide bonds. The fraction of sp³-hybridized carbons (Fsp3) is 0.312. The molecule has 104 valence electrons. The third-order valence-electron chi connectivity index (χ3n) is 3.76. The van der Waals surface area contributed by atoms with Crippen molar-refractivity contribution in [2.24, 2.45) is 0 Å². The zero-order valence-corrected chi connectivity index (χ0v) is 12.3. The normalized spacial score (nSPS) is 13.8. The van der Waals surface area contributed by atoms with Gasteiger partial charge in [-0.2, -0.15) is 11.3 Å². The molecule has 2 N–H and O–H groups in total. The van der Waals surface area contributed by atoms with Gasteiger partial charge in [-0.15, -0.1) is 0 Å². The van der Waals surface area contributed by atoms with E-state index < -0.39 is 0 Å². The highest BCUT2D eigenvalue weighted by Crippen LogP contribution is 2.17. The lowest BCUT2D eigenvalue weighted by atomic mass is 9.98. The first-order valence-electron chi connectivity index (χ1n) is 6.86. The highest BCUT2D eigenvalue weighted by molar-refractivity contribution is 7.08. The summed E-state index contributed by atoms with van der Waals surface area (Å²) < 4.78 is 0. The van der Waals surface area contributed by atoms with Crippen molar-refractivity contribution in [3.63, 3.8) is 0 Å². The minimum absolute atomic E-state index is 0.00368. The molecule has 0 spiro atoms. The SMILES string of the molecule is Cc1cscc1CNC(=O)c1ccc2c(c1)CNCC2. The molecule has 0 aliphatic carbocycles. The van der Waals surface area contributed by atoms with E-state index in [2.05, 4.69) is 34.4 Å². The number of benzene rings is 1. The summed E-state index contributed by atoms with van der Waals surface area (Å²) in [6.45, 7) is 4.56. The lowest BCUT2D eigenvalue weighted by Gasteiger charge is -2.17. The molecule has 2 aromatic rings. The molecule has 0 saturated heterocycles. The first-order chi connectivity index (χ1) is 9.74. The Morgan fingerprint density at radius 2 is 2.25 bits per heavy atom. The second-order valence-corrected chi connectivity index (χ2v) is 5.92. The number of thiophene rings is 1. The number of aryl methyl sites for hydroxylation is 1. The summed E-state index contributed by atoms with van der Waals surface area (Å²) in [5.74, 6) is 0.00368. The molecular weight excluding hydrogens is 268 g/mol. The lowest BCUT2D eigenvalue weighted by molar-refractivity contribution is 0.0951. The molecule has 1 aromatic carbocycles.